The first-order chi connectivity index (χ1) is 16.4. The van der Waals surface area contributed by atoms with Gasteiger partial charge in [0.15, 0.2) is 0 Å². The molecule has 182 valence electrons. The second-order valence-corrected chi connectivity index (χ2v) is 9.43. The van der Waals surface area contributed by atoms with Gasteiger partial charge < -0.3 is 21.2 Å². The molecular formula is C24H32ClN7O2. The Morgan fingerprint density at radius 3 is 2.38 bits per heavy atom. The number of hydrogen-bond donors (Lipinski definition) is 2. The monoisotopic (exact) mass is 485 g/mol. The van der Waals surface area contributed by atoms with Gasteiger partial charge in [-0.3, -0.25) is 9.69 Å². The van der Waals surface area contributed by atoms with Crippen molar-refractivity contribution >= 4 is 34.9 Å². The van der Waals surface area contributed by atoms with Crippen LogP contribution in [0.15, 0.2) is 35.7 Å². The Hall–Kier alpha value is -2.91. The van der Waals surface area contributed by atoms with E-state index < -0.39 is 0 Å². The number of halogens is 1. The maximum atomic E-state index is 13.2. The van der Waals surface area contributed by atoms with Crippen LogP contribution < -0.4 is 11.5 Å². The standard InChI is InChI=1S/C24H32ClN7O2/c1-34-30-22(20-12-19(25)2-3-21(20)26)17-6-10-32(11-7-17)23(33)18-4-8-31(9-5-18)15-16-13-28-24(27)29-14-16/h2-3,12-14,17-18H,4-11,15,26H2,1H3,(H2,27,28,29)/b30-22-. The summed E-state index contributed by atoms with van der Waals surface area (Å²) in [6, 6.07) is 5.38. The van der Waals surface area contributed by atoms with E-state index in [1.807, 2.05) is 11.0 Å². The molecule has 1 amide bonds. The summed E-state index contributed by atoms with van der Waals surface area (Å²) in [4.78, 5) is 30.8. The predicted octanol–water partition coefficient (Wildman–Crippen LogP) is 2.80. The molecule has 9 nitrogen and oxygen atoms in total. The lowest BCUT2D eigenvalue weighted by Gasteiger charge is -2.37. The van der Waals surface area contributed by atoms with E-state index in [9.17, 15) is 4.79 Å². The van der Waals surface area contributed by atoms with Crippen LogP contribution in [0.5, 0.6) is 0 Å². The molecule has 10 heteroatoms. The van der Waals surface area contributed by atoms with Crippen LogP contribution in [-0.4, -0.2) is 64.7 Å². The zero-order valence-electron chi connectivity index (χ0n) is 19.5. The third kappa shape index (κ3) is 5.77. The van der Waals surface area contributed by atoms with Crippen molar-refractivity contribution in [2.24, 2.45) is 17.0 Å². The molecule has 4 N–H and O–H groups in total. The Balaban J connectivity index is 1.30. The molecule has 2 saturated heterocycles. The second kappa shape index (κ2) is 11.0. The maximum Gasteiger partial charge on any atom is 0.225 e. The number of amides is 1. The third-order valence-corrected chi connectivity index (χ3v) is 6.98. The van der Waals surface area contributed by atoms with E-state index in [0.29, 0.717) is 23.8 Å². The molecule has 2 fully saturated rings. The zero-order chi connectivity index (χ0) is 24.1. The fraction of sp³-hybridized carbons (Fsp3) is 0.500. The van der Waals surface area contributed by atoms with Gasteiger partial charge in [0.1, 0.15) is 7.11 Å². The fourth-order valence-corrected chi connectivity index (χ4v) is 5.04. The van der Waals surface area contributed by atoms with Gasteiger partial charge in [-0.05, 0) is 57.0 Å². The average Bonchev–Trinajstić information content (AvgIpc) is 2.86. The first kappa shape index (κ1) is 24.2. The largest absolute Gasteiger partial charge is 0.399 e. The van der Waals surface area contributed by atoms with E-state index in [-0.39, 0.29) is 23.7 Å². The molecule has 1 aromatic heterocycles. The van der Waals surface area contributed by atoms with Crippen molar-refractivity contribution in [3.63, 3.8) is 0 Å². The number of oxime groups is 1. The molecular weight excluding hydrogens is 454 g/mol. The average molecular weight is 486 g/mol. The zero-order valence-corrected chi connectivity index (χ0v) is 20.2. The van der Waals surface area contributed by atoms with Gasteiger partial charge in [0.05, 0.1) is 5.71 Å². The fourth-order valence-electron chi connectivity index (χ4n) is 4.87. The van der Waals surface area contributed by atoms with Crippen LogP contribution in [0.3, 0.4) is 0 Å². The molecule has 2 aliphatic rings. The second-order valence-electron chi connectivity index (χ2n) is 8.99. The number of nitrogens with zero attached hydrogens (tertiary/aromatic N) is 5. The molecule has 4 rings (SSSR count). The minimum atomic E-state index is 0.0751. The third-order valence-electron chi connectivity index (χ3n) is 6.74. The molecule has 0 spiro atoms. The number of rotatable bonds is 6. The number of piperidine rings is 2. The van der Waals surface area contributed by atoms with Crippen LogP contribution in [0, 0.1) is 11.8 Å². The maximum absolute atomic E-state index is 13.2. The van der Waals surface area contributed by atoms with Crippen LogP contribution in [0.1, 0.15) is 36.8 Å². The molecule has 2 aromatic rings. The van der Waals surface area contributed by atoms with Crippen LogP contribution >= 0.6 is 11.6 Å². The Kier molecular flexibility index (Phi) is 7.84. The van der Waals surface area contributed by atoms with E-state index in [1.54, 1.807) is 24.5 Å². The summed E-state index contributed by atoms with van der Waals surface area (Å²) in [6.45, 7) is 3.96. The van der Waals surface area contributed by atoms with Crippen molar-refractivity contribution in [2.75, 3.05) is 44.8 Å². The van der Waals surface area contributed by atoms with E-state index in [4.69, 9.17) is 27.9 Å². The number of nitrogen functional groups attached to an aromatic ring is 2. The van der Waals surface area contributed by atoms with E-state index in [1.165, 1.54) is 7.11 Å². The topological polar surface area (TPSA) is 123 Å². The van der Waals surface area contributed by atoms with E-state index in [2.05, 4.69) is 20.0 Å². The SMILES string of the molecule is CO/N=C(\c1cc(Cl)ccc1N)C1CCN(C(=O)C2CCN(Cc3cnc(N)nc3)CC2)CC1. The summed E-state index contributed by atoms with van der Waals surface area (Å²) < 4.78 is 0. The summed E-state index contributed by atoms with van der Waals surface area (Å²) in [6.07, 6.45) is 6.89. The van der Waals surface area contributed by atoms with Crippen LogP contribution in [0.2, 0.25) is 5.02 Å². The number of benzene rings is 1. The van der Waals surface area contributed by atoms with Gasteiger partial charge in [0.25, 0.3) is 0 Å². The molecule has 1 aromatic carbocycles. The van der Waals surface area contributed by atoms with Crippen LogP contribution in [0.25, 0.3) is 0 Å². The summed E-state index contributed by atoms with van der Waals surface area (Å²) in [7, 11) is 1.53. The number of nitrogens with two attached hydrogens (primary N) is 2. The smallest absolute Gasteiger partial charge is 0.225 e. The Bertz CT molecular complexity index is 1010. The Morgan fingerprint density at radius 1 is 1.09 bits per heavy atom. The molecule has 3 heterocycles. The van der Waals surface area contributed by atoms with E-state index in [0.717, 1.165) is 62.2 Å². The number of aromatic nitrogens is 2. The molecule has 34 heavy (non-hydrogen) atoms. The minimum Gasteiger partial charge on any atom is -0.399 e. The van der Waals surface area contributed by atoms with Gasteiger partial charge in [-0.1, -0.05) is 16.8 Å². The molecule has 0 radical (unpaired) electrons. The molecule has 0 bridgehead atoms. The summed E-state index contributed by atoms with van der Waals surface area (Å²) in [5.74, 6) is 0.787. The number of likely N-dealkylation sites (tertiary alicyclic amines) is 2. The van der Waals surface area contributed by atoms with Crippen molar-refractivity contribution in [2.45, 2.75) is 32.2 Å². The number of carbonyl (C=O) groups is 1. The highest BCUT2D eigenvalue weighted by atomic mass is 35.5. The highest BCUT2D eigenvalue weighted by Crippen LogP contribution is 2.29. The number of carbonyl (C=O) groups excluding carboxylic acids is 1. The van der Waals surface area contributed by atoms with Crippen LogP contribution in [-0.2, 0) is 16.2 Å². The Morgan fingerprint density at radius 2 is 1.74 bits per heavy atom. The van der Waals surface area contributed by atoms with Gasteiger partial charge in [-0.25, -0.2) is 9.97 Å². The van der Waals surface area contributed by atoms with Gasteiger partial charge in [0, 0.05) is 65.7 Å². The highest BCUT2D eigenvalue weighted by molar-refractivity contribution is 6.31. The summed E-state index contributed by atoms with van der Waals surface area (Å²) >= 11 is 6.19. The van der Waals surface area contributed by atoms with Crippen LogP contribution in [0.4, 0.5) is 11.6 Å². The normalized spacial score (nSPS) is 18.8. The van der Waals surface area contributed by atoms with Crippen molar-refractivity contribution in [1.82, 2.24) is 19.8 Å². The summed E-state index contributed by atoms with van der Waals surface area (Å²) in [5.41, 5.74) is 15.0. The van der Waals surface area contributed by atoms with Crippen molar-refractivity contribution in [3.05, 3.63) is 46.7 Å². The predicted molar refractivity (Wildman–Crippen MR) is 133 cm³/mol. The molecule has 0 atom stereocenters. The molecule has 2 aliphatic heterocycles. The van der Waals surface area contributed by atoms with Crippen molar-refractivity contribution in [3.8, 4) is 0 Å². The van der Waals surface area contributed by atoms with Crippen molar-refractivity contribution in [1.29, 1.82) is 0 Å². The Labute approximate surface area is 205 Å². The lowest BCUT2D eigenvalue weighted by atomic mass is 9.86. The minimum absolute atomic E-state index is 0.0751. The van der Waals surface area contributed by atoms with E-state index >= 15 is 0 Å². The van der Waals surface area contributed by atoms with Gasteiger partial charge in [-0.2, -0.15) is 0 Å². The molecule has 0 saturated carbocycles. The van der Waals surface area contributed by atoms with Gasteiger partial charge >= 0.3 is 0 Å². The van der Waals surface area contributed by atoms with Crippen molar-refractivity contribution < 1.29 is 9.63 Å². The highest BCUT2D eigenvalue weighted by Gasteiger charge is 2.33. The first-order valence-corrected chi connectivity index (χ1v) is 12.1. The lowest BCUT2D eigenvalue weighted by Crippen LogP contribution is -2.46. The lowest BCUT2D eigenvalue weighted by molar-refractivity contribution is -0.138. The summed E-state index contributed by atoms with van der Waals surface area (Å²) in [5, 5.41) is 4.89. The van der Waals surface area contributed by atoms with Gasteiger partial charge in [-0.15, -0.1) is 0 Å². The quantitative estimate of drug-likeness (QED) is 0.366. The number of anilines is 2. The number of hydrogen-bond acceptors (Lipinski definition) is 8. The van der Waals surface area contributed by atoms with Gasteiger partial charge in [0.2, 0.25) is 11.9 Å². The molecule has 0 aliphatic carbocycles. The molecule has 0 unspecified atom stereocenters. The first-order valence-electron chi connectivity index (χ1n) is 11.7.